The van der Waals surface area contributed by atoms with Gasteiger partial charge in [0.1, 0.15) is 5.69 Å². The SMILES string of the molecule is Cc1nn(C)c(C(=O)Nc2ccc(CC#N)cc2)c1Cl. The van der Waals surface area contributed by atoms with Crippen LogP contribution in [0.5, 0.6) is 0 Å². The number of halogens is 1. The first kappa shape index (κ1) is 14.1. The molecule has 1 N–H and O–H groups in total. The predicted octanol–water partition coefficient (Wildman–Crippen LogP) is 2.70. The lowest BCUT2D eigenvalue weighted by molar-refractivity contribution is 0.101. The van der Waals surface area contributed by atoms with Crippen molar-refractivity contribution >= 4 is 23.2 Å². The van der Waals surface area contributed by atoms with E-state index in [1.54, 1.807) is 38.2 Å². The Hall–Kier alpha value is -2.32. The molecular weight excluding hydrogens is 276 g/mol. The highest BCUT2D eigenvalue weighted by Crippen LogP contribution is 2.20. The van der Waals surface area contributed by atoms with Gasteiger partial charge < -0.3 is 5.32 Å². The smallest absolute Gasteiger partial charge is 0.275 e. The third-order valence-electron chi connectivity index (χ3n) is 2.86. The number of nitriles is 1. The van der Waals surface area contributed by atoms with Crippen molar-refractivity contribution < 1.29 is 4.79 Å². The Morgan fingerprint density at radius 1 is 1.45 bits per heavy atom. The molecule has 102 valence electrons. The third kappa shape index (κ3) is 2.81. The van der Waals surface area contributed by atoms with E-state index >= 15 is 0 Å². The van der Waals surface area contributed by atoms with Crippen molar-refractivity contribution in [2.24, 2.45) is 7.05 Å². The monoisotopic (exact) mass is 288 g/mol. The van der Waals surface area contributed by atoms with Gasteiger partial charge in [0.2, 0.25) is 0 Å². The molecule has 0 atom stereocenters. The second-order valence-corrected chi connectivity index (χ2v) is 4.74. The van der Waals surface area contributed by atoms with Crippen molar-refractivity contribution in [2.45, 2.75) is 13.3 Å². The van der Waals surface area contributed by atoms with E-state index in [0.717, 1.165) is 5.56 Å². The van der Waals surface area contributed by atoms with E-state index in [-0.39, 0.29) is 5.91 Å². The van der Waals surface area contributed by atoms with Gasteiger partial charge in [0.25, 0.3) is 5.91 Å². The minimum Gasteiger partial charge on any atom is -0.321 e. The fourth-order valence-corrected chi connectivity index (χ4v) is 2.11. The quantitative estimate of drug-likeness (QED) is 0.944. The summed E-state index contributed by atoms with van der Waals surface area (Å²) in [5.41, 5.74) is 2.49. The second kappa shape index (κ2) is 5.76. The van der Waals surface area contributed by atoms with Gasteiger partial charge in [-0.1, -0.05) is 23.7 Å². The van der Waals surface area contributed by atoms with Crippen LogP contribution in [0.15, 0.2) is 24.3 Å². The topological polar surface area (TPSA) is 70.7 Å². The molecule has 0 spiro atoms. The zero-order chi connectivity index (χ0) is 14.7. The van der Waals surface area contributed by atoms with E-state index in [4.69, 9.17) is 16.9 Å². The van der Waals surface area contributed by atoms with Gasteiger partial charge in [-0.2, -0.15) is 10.4 Å². The molecule has 0 bridgehead atoms. The van der Waals surface area contributed by atoms with Gasteiger partial charge in [-0.05, 0) is 24.6 Å². The Kier molecular flexibility index (Phi) is 4.06. The van der Waals surface area contributed by atoms with Crippen LogP contribution in [0.3, 0.4) is 0 Å². The molecule has 0 radical (unpaired) electrons. The third-order valence-corrected chi connectivity index (χ3v) is 3.31. The Bertz CT molecular complexity index is 682. The molecule has 6 heteroatoms. The summed E-state index contributed by atoms with van der Waals surface area (Å²) in [6, 6.07) is 9.18. The Morgan fingerprint density at radius 2 is 2.10 bits per heavy atom. The van der Waals surface area contributed by atoms with Gasteiger partial charge in [-0.25, -0.2) is 0 Å². The van der Waals surface area contributed by atoms with Gasteiger partial charge in [-0.3, -0.25) is 9.48 Å². The minimum atomic E-state index is -0.314. The number of nitrogens with one attached hydrogen (secondary N) is 1. The second-order valence-electron chi connectivity index (χ2n) is 4.36. The lowest BCUT2D eigenvalue weighted by Crippen LogP contribution is -2.16. The van der Waals surface area contributed by atoms with Crippen LogP contribution in [0, 0.1) is 18.3 Å². The van der Waals surface area contributed by atoms with Crippen molar-refractivity contribution in [3.8, 4) is 6.07 Å². The first-order valence-corrected chi connectivity index (χ1v) is 6.37. The Morgan fingerprint density at radius 3 is 2.60 bits per heavy atom. The highest BCUT2D eigenvalue weighted by atomic mass is 35.5. The fraction of sp³-hybridized carbons (Fsp3) is 0.214. The van der Waals surface area contributed by atoms with Crippen LogP contribution >= 0.6 is 11.6 Å². The molecule has 0 aliphatic rings. The molecule has 0 saturated heterocycles. The maximum atomic E-state index is 12.2. The predicted molar refractivity (Wildman–Crippen MR) is 76.7 cm³/mol. The van der Waals surface area contributed by atoms with Gasteiger partial charge in [0.15, 0.2) is 0 Å². The minimum absolute atomic E-state index is 0.314. The lowest BCUT2D eigenvalue weighted by Gasteiger charge is -2.06. The van der Waals surface area contributed by atoms with E-state index in [9.17, 15) is 4.79 Å². The summed E-state index contributed by atoms with van der Waals surface area (Å²) in [6.07, 6.45) is 0.348. The number of hydrogen-bond acceptors (Lipinski definition) is 3. The number of aromatic nitrogens is 2. The number of benzene rings is 1. The van der Waals surface area contributed by atoms with Crippen LogP contribution in [-0.2, 0) is 13.5 Å². The number of carbonyl (C=O) groups excluding carboxylic acids is 1. The normalized spacial score (nSPS) is 10.1. The molecule has 0 saturated carbocycles. The number of nitrogens with zero attached hydrogens (tertiary/aromatic N) is 3. The van der Waals surface area contributed by atoms with Crippen LogP contribution in [0.25, 0.3) is 0 Å². The van der Waals surface area contributed by atoms with Gasteiger partial charge in [-0.15, -0.1) is 0 Å². The molecule has 2 aromatic rings. The van der Waals surface area contributed by atoms with Crippen LogP contribution in [0.4, 0.5) is 5.69 Å². The van der Waals surface area contributed by atoms with Crippen molar-refractivity contribution in [2.75, 3.05) is 5.32 Å². The zero-order valence-electron chi connectivity index (χ0n) is 11.1. The Balaban J connectivity index is 2.17. The number of carbonyl (C=O) groups is 1. The van der Waals surface area contributed by atoms with E-state index in [2.05, 4.69) is 16.5 Å². The summed E-state index contributed by atoms with van der Waals surface area (Å²) < 4.78 is 1.46. The maximum Gasteiger partial charge on any atom is 0.275 e. The average molecular weight is 289 g/mol. The highest BCUT2D eigenvalue weighted by molar-refractivity contribution is 6.34. The van der Waals surface area contributed by atoms with E-state index in [1.807, 2.05) is 0 Å². The van der Waals surface area contributed by atoms with Crippen LogP contribution in [0.2, 0.25) is 5.02 Å². The molecule has 5 nitrogen and oxygen atoms in total. The molecule has 1 amide bonds. The number of aryl methyl sites for hydroxylation is 2. The summed E-state index contributed by atoms with van der Waals surface area (Å²) in [5, 5.41) is 15.8. The number of hydrogen-bond donors (Lipinski definition) is 1. The highest BCUT2D eigenvalue weighted by Gasteiger charge is 2.18. The largest absolute Gasteiger partial charge is 0.321 e. The molecule has 1 heterocycles. The summed E-state index contributed by atoms with van der Waals surface area (Å²) >= 11 is 6.06. The Labute approximate surface area is 121 Å². The summed E-state index contributed by atoms with van der Waals surface area (Å²) in [6.45, 7) is 1.75. The van der Waals surface area contributed by atoms with E-state index in [1.165, 1.54) is 4.68 Å². The molecule has 0 aliphatic carbocycles. The van der Waals surface area contributed by atoms with Gasteiger partial charge in [0.05, 0.1) is 23.2 Å². The van der Waals surface area contributed by atoms with E-state index in [0.29, 0.717) is 28.5 Å². The van der Waals surface area contributed by atoms with Gasteiger partial charge in [0, 0.05) is 12.7 Å². The number of amides is 1. The molecule has 2 rings (SSSR count). The first-order chi connectivity index (χ1) is 9.52. The molecule has 20 heavy (non-hydrogen) atoms. The first-order valence-electron chi connectivity index (χ1n) is 5.99. The fourth-order valence-electron chi connectivity index (χ4n) is 1.87. The zero-order valence-corrected chi connectivity index (χ0v) is 11.9. The molecule has 1 aromatic heterocycles. The van der Waals surface area contributed by atoms with Crippen LogP contribution in [-0.4, -0.2) is 15.7 Å². The van der Waals surface area contributed by atoms with E-state index < -0.39 is 0 Å². The molecule has 1 aromatic carbocycles. The molecule has 0 aliphatic heterocycles. The van der Waals surface area contributed by atoms with Crippen molar-refractivity contribution in [1.82, 2.24) is 9.78 Å². The standard InChI is InChI=1S/C14H13ClN4O/c1-9-12(15)13(19(2)18-9)14(20)17-11-5-3-10(4-6-11)7-8-16/h3-6H,7H2,1-2H3,(H,17,20). The maximum absolute atomic E-state index is 12.2. The number of rotatable bonds is 3. The number of anilines is 1. The average Bonchev–Trinajstić information content (AvgIpc) is 2.66. The lowest BCUT2D eigenvalue weighted by atomic mass is 10.1. The van der Waals surface area contributed by atoms with Crippen molar-refractivity contribution in [1.29, 1.82) is 5.26 Å². The van der Waals surface area contributed by atoms with Crippen molar-refractivity contribution in [3.63, 3.8) is 0 Å². The van der Waals surface area contributed by atoms with Crippen LogP contribution in [0.1, 0.15) is 21.7 Å². The van der Waals surface area contributed by atoms with Crippen molar-refractivity contribution in [3.05, 3.63) is 46.2 Å². The summed E-state index contributed by atoms with van der Waals surface area (Å²) in [7, 11) is 1.67. The molecule has 0 unspecified atom stereocenters. The van der Waals surface area contributed by atoms with Crippen LogP contribution < -0.4 is 5.32 Å². The van der Waals surface area contributed by atoms with Gasteiger partial charge >= 0.3 is 0 Å². The molecule has 0 fully saturated rings. The summed E-state index contributed by atoms with van der Waals surface area (Å²) in [5.74, 6) is -0.314. The molecular formula is C14H13ClN4O. The summed E-state index contributed by atoms with van der Waals surface area (Å²) in [4.78, 5) is 12.2.